The van der Waals surface area contributed by atoms with E-state index in [1.54, 1.807) is 30.5 Å². The number of esters is 1. The van der Waals surface area contributed by atoms with Crippen molar-refractivity contribution in [3.05, 3.63) is 24.3 Å². The minimum absolute atomic E-state index is 0.144. The first-order chi connectivity index (χ1) is 7.26. The Morgan fingerprint density at radius 3 is 2.47 bits per heavy atom. The van der Waals surface area contributed by atoms with Crippen molar-refractivity contribution in [3.8, 4) is 17.8 Å². The summed E-state index contributed by atoms with van der Waals surface area (Å²) in [5.41, 5.74) is 0. The second-order valence-corrected chi connectivity index (χ2v) is 2.53. The first-order valence-corrected chi connectivity index (χ1v) is 4.12. The van der Waals surface area contributed by atoms with E-state index in [2.05, 4.69) is 9.47 Å². The molecule has 0 aromatic heterocycles. The molecule has 0 radical (unpaired) electrons. The van der Waals surface area contributed by atoms with E-state index in [0.717, 1.165) is 0 Å². The second-order valence-electron chi connectivity index (χ2n) is 2.53. The molecule has 1 aromatic rings. The maximum Gasteiger partial charge on any atom is 0.343 e. The predicted octanol–water partition coefficient (Wildman–Crippen LogP) is 1.10. The maximum absolute atomic E-state index is 10.7. The van der Waals surface area contributed by atoms with Crippen LogP contribution >= 0.6 is 0 Å². The molecule has 0 aliphatic carbocycles. The SMILES string of the molecule is COC(=O)COc1ccc(OC#N)cc1. The van der Waals surface area contributed by atoms with E-state index in [-0.39, 0.29) is 6.61 Å². The Kier molecular flexibility index (Phi) is 3.98. The summed E-state index contributed by atoms with van der Waals surface area (Å²) < 4.78 is 14.0. The number of benzene rings is 1. The highest BCUT2D eigenvalue weighted by atomic mass is 16.6. The molecule has 0 saturated carbocycles. The van der Waals surface area contributed by atoms with Gasteiger partial charge in [0.2, 0.25) is 0 Å². The third-order valence-corrected chi connectivity index (χ3v) is 1.57. The van der Waals surface area contributed by atoms with Crippen LogP contribution in [-0.4, -0.2) is 19.7 Å². The fraction of sp³-hybridized carbons (Fsp3) is 0.200. The number of ether oxygens (including phenoxy) is 3. The van der Waals surface area contributed by atoms with E-state index in [1.807, 2.05) is 0 Å². The van der Waals surface area contributed by atoms with Crippen LogP contribution in [0.3, 0.4) is 0 Å². The Hall–Kier alpha value is -2.22. The van der Waals surface area contributed by atoms with E-state index in [0.29, 0.717) is 11.5 Å². The average Bonchev–Trinajstić information content (AvgIpc) is 2.28. The van der Waals surface area contributed by atoms with Crippen molar-refractivity contribution in [2.75, 3.05) is 13.7 Å². The van der Waals surface area contributed by atoms with Gasteiger partial charge in [0.1, 0.15) is 11.5 Å². The standard InChI is InChI=1S/C10H9NO4/c1-13-10(12)6-14-8-2-4-9(5-3-8)15-7-11/h2-5H,6H2,1H3. The van der Waals surface area contributed by atoms with Crippen LogP contribution in [0.15, 0.2) is 24.3 Å². The Morgan fingerprint density at radius 2 is 1.93 bits per heavy atom. The van der Waals surface area contributed by atoms with Gasteiger partial charge < -0.3 is 14.2 Å². The highest BCUT2D eigenvalue weighted by molar-refractivity contribution is 5.70. The highest BCUT2D eigenvalue weighted by Crippen LogP contribution is 2.17. The molecule has 0 fully saturated rings. The lowest BCUT2D eigenvalue weighted by Crippen LogP contribution is -2.12. The third kappa shape index (κ3) is 3.56. The highest BCUT2D eigenvalue weighted by Gasteiger charge is 2.01. The molecule has 15 heavy (non-hydrogen) atoms. The molecular formula is C10H9NO4. The smallest absolute Gasteiger partial charge is 0.343 e. The molecule has 0 aliphatic rings. The predicted molar refractivity (Wildman–Crippen MR) is 50.2 cm³/mol. The summed E-state index contributed by atoms with van der Waals surface area (Å²) in [6.45, 7) is -0.144. The van der Waals surface area contributed by atoms with Gasteiger partial charge in [-0.1, -0.05) is 0 Å². The normalized spacial score (nSPS) is 8.80. The molecule has 0 N–H and O–H groups in total. The first kappa shape index (κ1) is 10.9. The quantitative estimate of drug-likeness (QED) is 0.546. The number of rotatable bonds is 4. The molecule has 5 heteroatoms. The molecule has 1 aromatic carbocycles. The van der Waals surface area contributed by atoms with Gasteiger partial charge in [0, 0.05) is 0 Å². The zero-order chi connectivity index (χ0) is 11.1. The molecule has 0 unspecified atom stereocenters. The Labute approximate surface area is 86.8 Å². The molecular weight excluding hydrogens is 198 g/mol. The molecule has 0 atom stereocenters. The first-order valence-electron chi connectivity index (χ1n) is 4.12. The van der Waals surface area contributed by atoms with Gasteiger partial charge >= 0.3 is 5.97 Å². The van der Waals surface area contributed by atoms with Crippen molar-refractivity contribution >= 4 is 5.97 Å². The van der Waals surface area contributed by atoms with Crippen LogP contribution in [0.4, 0.5) is 0 Å². The summed E-state index contributed by atoms with van der Waals surface area (Å²) in [5, 5.41) is 8.23. The monoisotopic (exact) mass is 207 g/mol. The van der Waals surface area contributed by atoms with Crippen molar-refractivity contribution in [2.24, 2.45) is 0 Å². The van der Waals surface area contributed by atoms with Gasteiger partial charge in [0.25, 0.3) is 6.26 Å². The third-order valence-electron chi connectivity index (χ3n) is 1.57. The van der Waals surface area contributed by atoms with Gasteiger partial charge in [-0.05, 0) is 24.3 Å². The summed E-state index contributed by atoms with van der Waals surface area (Å²) in [4.78, 5) is 10.7. The lowest BCUT2D eigenvalue weighted by Gasteiger charge is -2.04. The maximum atomic E-state index is 10.7. The van der Waals surface area contributed by atoms with Crippen LogP contribution in [0.25, 0.3) is 0 Å². The molecule has 0 bridgehead atoms. The van der Waals surface area contributed by atoms with Gasteiger partial charge in [-0.2, -0.15) is 0 Å². The van der Waals surface area contributed by atoms with E-state index in [9.17, 15) is 4.79 Å². The molecule has 1 rings (SSSR count). The molecule has 78 valence electrons. The minimum Gasteiger partial charge on any atom is -0.482 e. The van der Waals surface area contributed by atoms with Crippen LogP contribution in [0.5, 0.6) is 11.5 Å². The van der Waals surface area contributed by atoms with E-state index >= 15 is 0 Å². The topological polar surface area (TPSA) is 68.6 Å². The van der Waals surface area contributed by atoms with Crippen molar-refractivity contribution in [1.82, 2.24) is 0 Å². The summed E-state index contributed by atoms with van der Waals surface area (Å²) in [6.07, 6.45) is 1.55. The van der Waals surface area contributed by atoms with Gasteiger partial charge in [-0.15, -0.1) is 5.26 Å². The van der Waals surface area contributed by atoms with Crippen LogP contribution in [0.2, 0.25) is 0 Å². The van der Waals surface area contributed by atoms with Crippen molar-refractivity contribution in [3.63, 3.8) is 0 Å². The van der Waals surface area contributed by atoms with E-state index in [4.69, 9.17) is 10.00 Å². The van der Waals surface area contributed by atoms with Crippen molar-refractivity contribution < 1.29 is 19.0 Å². The zero-order valence-corrected chi connectivity index (χ0v) is 8.10. The van der Waals surface area contributed by atoms with Crippen LogP contribution in [0.1, 0.15) is 0 Å². The Balaban J connectivity index is 2.50. The van der Waals surface area contributed by atoms with Crippen LogP contribution < -0.4 is 9.47 Å². The fourth-order valence-corrected chi connectivity index (χ4v) is 0.858. The number of carbonyl (C=O) groups excluding carboxylic acids is 1. The molecule has 0 heterocycles. The largest absolute Gasteiger partial charge is 0.482 e. The number of carbonyl (C=O) groups is 1. The van der Waals surface area contributed by atoms with Crippen LogP contribution in [-0.2, 0) is 9.53 Å². The number of hydrogen-bond acceptors (Lipinski definition) is 5. The minimum atomic E-state index is -0.452. The Morgan fingerprint density at radius 1 is 1.33 bits per heavy atom. The Bertz CT molecular complexity index is 366. The lowest BCUT2D eigenvalue weighted by molar-refractivity contribution is -0.142. The molecule has 0 amide bonds. The second kappa shape index (κ2) is 5.50. The van der Waals surface area contributed by atoms with E-state index in [1.165, 1.54) is 7.11 Å². The number of nitrogens with zero attached hydrogens (tertiary/aromatic N) is 1. The fourth-order valence-electron chi connectivity index (χ4n) is 0.858. The van der Waals surface area contributed by atoms with E-state index < -0.39 is 5.97 Å². The van der Waals surface area contributed by atoms with Crippen molar-refractivity contribution in [1.29, 1.82) is 5.26 Å². The lowest BCUT2D eigenvalue weighted by atomic mass is 10.3. The summed E-state index contributed by atoms with van der Waals surface area (Å²) in [7, 11) is 1.29. The summed E-state index contributed by atoms with van der Waals surface area (Å²) in [6, 6.07) is 6.32. The van der Waals surface area contributed by atoms with Gasteiger partial charge in [0.05, 0.1) is 7.11 Å². The summed E-state index contributed by atoms with van der Waals surface area (Å²) in [5.74, 6) is 0.473. The van der Waals surface area contributed by atoms with Crippen molar-refractivity contribution in [2.45, 2.75) is 0 Å². The zero-order valence-electron chi connectivity index (χ0n) is 8.10. The number of hydrogen-bond donors (Lipinski definition) is 0. The molecule has 0 saturated heterocycles. The molecule has 0 aliphatic heterocycles. The number of methoxy groups -OCH3 is 1. The van der Waals surface area contributed by atoms with Gasteiger partial charge in [-0.3, -0.25) is 0 Å². The van der Waals surface area contributed by atoms with Crippen LogP contribution in [0, 0.1) is 11.5 Å². The summed E-state index contributed by atoms with van der Waals surface area (Å²) >= 11 is 0. The van der Waals surface area contributed by atoms with Gasteiger partial charge in [-0.25, -0.2) is 4.79 Å². The number of nitriles is 1. The van der Waals surface area contributed by atoms with Gasteiger partial charge in [0.15, 0.2) is 6.61 Å². The molecule has 0 spiro atoms. The average molecular weight is 207 g/mol. The molecule has 5 nitrogen and oxygen atoms in total.